The molecule has 110 valence electrons. The fraction of sp³-hybridized carbons (Fsp3) is 0.300. The molecule has 0 aliphatic carbocycles. The van der Waals surface area contributed by atoms with E-state index in [-0.39, 0.29) is 10.9 Å². The molecule has 0 radical (unpaired) electrons. The molecule has 0 aromatic heterocycles. The summed E-state index contributed by atoms with van der Waals surface area (Å²) in [4.78, 5) is 11.5. The van der Waals surface area contributed by atoms with Gasteiger partial charge in [0.1, 0.15) is 0 Å². The summed E-state index contributed by atoms with van der Waals surface area (Å²) in [6.45, 7) is -0.0997. The molecule has 0 spiro atoms. The van der Waals surface area contributed by atoms with Crippen LogP contribution in [-0.2, 0) is 14.9 Å². The average molecular weight is 323 g/mol. The standard InChI is InChI=1S/C10H11ClN2O6S/c1-13(20(12,15)16)10(14)19-9-5-17-8-4-6(11)2-3-7(8)18-9/h2-4,9H,5H2,1H3,(H2,12,15,16). The van der Waals surface area contributed by atoms with E-state index in [9.17, 15) is 13.2 Å². The van der Waals surface area contributed by atoms with Crippen LogP contribution in [0.5, 0.6) is 11.5 Å². The summed E-state index contributed by atoms with van der Waals surface area (Å²) in [7, 11) is -3.21. The van der Waals surface area contributed by atoms with Gasteiger partial charge in [-0.3, -0.25) is 0 Å². The Morgan fingerprint density at radius 2 is 2.20 bits per heavy atom. The average Bonchev–Trinajstić information content (AvgIpc) is 2.37. The van der Waals surface area contributed by atoms with Crippen molar-refractivity contribution in [3.05, 3.63) is 23.2 Å². The van der Waals surface area contributed by atoms with Crippen molar-refractivity contribution >= 4 is 27.9 Å². The minimum absolute atomic E-state index is 0.0997. The topological polar surface area (TPSA) is 108 Å². The molecular formula is C10H11ClN2O6S. The SMILES string of the molecule is CN(C(=O)OC1COc2cc(Cl)ccc2O1)S(N)(=O)=O. The number of hydrogen-bond acceptors (Lipinski definition) is 6. The van der Waals surface area contributed by atoms with Gasteiger partial charge in [-0.05, 0) is 12.1 Å². The lowest BCUT2D eigenvalue weighted by Gasteiger charge is -2.27. The normalized spacial score (nSPS) is 17.4. The summed E-state index contributed by atoms with van der Waals surface area (Å²) in [6.07, 6.45) is -2.25. The number of fused-ring (bicyclic) bond motifs is 1. The van der Waals surface area contributed by atoms with Gasteiger partial charge in [-0.2, -0.15) is 12.7 Å². The van der Waals surface area contributed by atoms with Crippen molar-refractivity contribution in [2.45, 2.75) is 6.29 Å². The number of ether oxygens (including phenoxy) is 3. The molecule has 0 fully saturated rings. The van der Waals surface area contributed by atoms with Gasteiger partial charge in [0.25, 0.3) is 6.29 Å². The van der Waals surface area contributed by atoms with E-state index in [4.69, 9.17) is 31.0 Å². The zero-order valence-electron chi connectivity index (χ0n) is 10.3. The molecule has 10 heteroatoms. The van der Waals surface area contributed by atoms with Gasteiger partial charge >= 0.3 is 16.3 Å². The minimum atomic E-state index is -4.17. The maximum Gasteiger partial charge on any atom is 0.427 e. The van der Waals surface area contributed by atoms with Crippen LogP contribution in [0, 0.1) is 0 Å². The molecule has 1 unspecified atom stereocenters. The van der Waals surface area contributed by atoms with Gasteiger partial charge in [-0.25, -0.2) is 9.93 Å². The lowest BCUT2D eigenvalue weighted by molar-refractivity contribution is -0.0787. The summed E-state index contributed by atoms with van der Waals surface area (Å²) in [5.74, 6) is 0.737. The predicted molar refractivity (Wildman–Crippen MR) is 68.7 cm³/mol. The minimum Gasteiger partial charge on any atom is -0.482 e. The lowest BCUT2D eigenvalue weighted by atomic mass is 10.3. The van der Waals surface area contributed by atoms with Crippen LogP contribution in [-0.4, -0.2) is 38.8 Å². The first kappa shape index (κ1) is 14.7. The van der Waals surface area contributed by atoms with Crippen LogP contribution in [0.2, 0.25) is 5.02 Å². The second-order valence-electron chi connectivity index (χ2n) is 3.85. The molecule has 0 bridgehead atoms. The number of benzene rings is 1. The van der Waals surface area contributed by atoms with Crippen LogP contribution in [0.3, 0.4) is 0 Å². The van der Waals surface area contributed by atoms with E-state index < -0.39 is 22.6 Å². The van der Waals surface area contributed by atoms with E-state index in [0.717, 1.165) is 7.05 Å². The van der Waals surface area contributed by atoms with E-state index >= 15 is 0 Å². The van der Waals surface area contributed by atoms with Gasteiger partial charge in [-0.15, -0.1) is 0 Å². The van der Waals surface area contributed by atoms with Crippen LogP contribution in [0.25, 0.3) is 0 Å². The fourth-order valence-corrected chi connectivity index (χ4v) is 1.79. The molecule has 2 N–H and O–H groups in total. The molecule has 1 amide bonds. The summed E-state index contributed by atoms with van der Waals surface area (Å²) in [5, 5.41) is 5.26. The third-order valence-electron chi connectivity index (χ3n) is 2.41. The van der Waals surface area contributed by atoms with Gasteiger partial charge in [-0.1, -0.05) is 11.6 Å². The van der Waals surface area contributed by atoms with Crippen LogP contribution in [0.1, 0.15) is 0 Å². The number of carbonyl (C=O) groups is 1. The molecular weight excluding hydrogens is 312 g/mol. The van der Waals surface area contributed by atoms with Gasteiger partial charge in [0.2, 0.25) is 0 Å². The molecule has 0 saturated carbocycles. The summed E-state index contributed by atoms with van der Waals surface area (Å²) < 4.78 is 37.6. The second kappa shape index (κ2) is 5.35. The van der Waals surface area contributed by atoms with E-state index in [2.05, 4.69) is 0 Å². The maximum atomic E-state index is 11.5. The highest BCUT2D eigenvalue weighted by Gasteiger charge is 2.28. The largest absolute Gasteiger partial charge is 0.482 e. The van der Waals surface area contributed by atoms with E-state index in [1.54, 1.807) is 18.2 Å². The first-order valence-corrected chi connectivity index (χ1v) is 7.22. The highest BCUT2D eigenvalue weighted by Crippen LogP contribution is 2.34. The lowest BCUT2D eigenvalue weighted by Crippen LogP contribution is -2.43. The smallest absolute Gasteiger partial charge is 0.427 e. The number of amides is 1. The number of carbonyl (C=O) groups excluding carboxylic acids is 1. The molecule has 1 aliphatic rings. The highest BCUT2D eigenvalue weighted by molar-refractivity contribution is 7.87. The maximum absolute atomic E-state index is 11.5. The summed E-state index contributed by atoms with van der Waals surface area (Å²) in [6, 6.07) is 4.66. The van der Waals surface area contributed by atoms with Crippen molar-refractivity contribution in [1.29, 1.82) is 0 Å². The molecule has 1 aromatic carbocycles. The molecule has 1 heterocycles. The number of rotatable bonds is 2. The molecule has 1 aliphatic heterocycles. The van der Waals surface area contributed by atoms with Crippen LogP contribution < -0.4 is 14.6 Å². The Morgan fingerprint density at radius 1 is 1.50 bits per heavy atom. The van der Waals surface area contributed by atoms with Crippen molar-refractivity contribution < 1.29 is 27.4 Å². The second-order valence-corrected chi connectivity index (χ2v) is 5.86. The van der Waals surface area contributed by atoms with Crippen molar-refractivity contribution in [3.63, 3.8) is 0 Å². The number of halogens is 1. The predicted octanol–water partition coefficient (Wildman–Crippen LogP) is 0.709. The van der Waals surface area contributed by atoms with Gasteiger partial charge < -0.3 is 14.2 Å². The van der Waals surface area contributed by atoms with Crippen LogP contribution in [0.4, 0.5) is 4.79 Å². The van der Waals surface area contributed by atoms with E-state index in [1.165, 1.54) is 0 Å². The molecule has 8 nitrogen and oxygen atoms in total. The number of nitrogens with zero attached hydrogens (tertiary/aromatic N) is 1. The fourth-order valence-electron chi connectivity index (χ4n) is 1.37. The zero-order valence-corrected chi connectivity index (χ0v) is 11.8. The van der Waals surface area contributed by atoms with Crippen LogP contribution >= 0.6 is 11.6 Å². The van der Waals surface area contributed by atoms with E-state index in [0.29, 0.717) is 16.5 Å². The van der Waals surface area contributed by atoms with Crippen molar-refractivity contribution in [2.75, 3.05) is 13.7 Å². The van der Waals surface area contributed by atoms with Gasteiger partial charge in [0.15, 0.2) is 18.1 Å². The third-order valence-corrected chi connectivity index (χ3v) is 3.56. The quantitative estimate of drug-likeness (QED) is 0.859. The first-order chi connectivity index (χ1) is 9.27. The van der Waals surface area contributed by atoms with Crippen molar-refractivity contribution in [1.82, 2.24) is 4.31 Å². The summed E-state index contributed by atoms with van der Waals surface area (Å²) in [5.41, 5.74) is 0. The van der Waals surface area contributed by atoms with Crippen molar-refractivity contribution in [2.24, 2.45) is 5.14 Å². The van der Waals surface area contributed by atoms with Crippen LogP contribution in [0.15, 0.2) is 18.2 Å². The Hall–Kier alpha value is -1.71. The zero-order chi connectivity index (χ0) is 14.9. The van der Waals surface area contributed by atoms with Crippen molar-refractivity contribution in [3.8, 4) is 11.5 Å². The first-order valence-electron chi connectivity index (χ1n) is 5.33. The Kier molecular flexibility index (Phi) is 3.93. The Labute approximate surface area is 120 Å². The third kappa shape index (κ3) is 3.24. The van der Waals surface area contributed by atoms with Gasteiger partial charge in [0.05, 0.1) is 0 Å². The summed E-state index contributed by atoms with van der Waals surface area (Å²) >= 11 is 5.78. The molecule has 20 heavy (non-hydrogen) atoms. The Balaban J connectivity index is 2.04. The highest BCUT2D eigenvalue weighted by atomic mass is 35.5. The number of hydrogen-bond donors (Lipinski definition) is 1. The molecule has 1 atom stereocenters. The number of nitrogens with two attached hydrogens (primary N) is 1. The molecule has 1 aromatic rings. The van der Waals surface area contributed by atoms with Gasteiger partial charge in [0, 0.05) is 18.1 Å². The monoisotopic (exact) mass is 322 g/mol. The Morgan fingerprint density at radius 3 is 2.85 bits per heavy atom. The van der Waals surface area contributed by atoms with E-state index in [1.807, 2.05) is 0 Å². The molecule has 0 saturated heterocycles. The molecule has 2 rings (SSSR count). The Bertz CT molecular complexity index is 635.